The standard InChI is InChI=1S/C21H26N6OS/c1-25(19-5-8-23-21(24-19)26-10-12-28-13-11-26)16-3-2-9-27(15-16)20-17-6-14-29-18(17)4-7-22-20/h4-8,14,16H,2-3,9-13,15H2,1H3. The molecule has 3 aromatic heterocycles. The Morgan fingerprint density at radius 2 is 1.93 bits per heavy atom. The second kappa shape index (κ2) is 8.12. The number of rotatable bonds is 4. The number of fused-ring (bicyclic) bond motifs is 1. The van der Waals surface area contributed by atoms with E-state index < -0.39 is 0 Å². The topological polar surface area (TPSA) is 57.6 Å². The van der Waals surface area contributed by atoms with E-state index in [-0.39, 0.29) is 0 Å². The molecular weight excluding hydrogens is 384 g/mol. The Labute approximate surface area is 175 Å². The van der Waals surface area contributed by atoms with Crippen LogP contribution in [0.15, 0.2) is 36.0 Å². The summed E-state index contributed by atoms with van der Waals surface area (Å²) >= 11 is 1.78. The summed E-state index contributed by atoms with van der Waals surface area (Å²) in [7, 11) is 2.15. The Bertz CT molecular complexity index is 972. The van der Waals surface area contributed by atoms with Crippen molar-refractivity contribution in [2.75, 3.05) is 61.1 Å². The molecule has 2 aliphatic heterocycles. The molecule has 1 unspecified atom stereocenters. The number of hydrogen-bond acceptors (Lipinski definition) is 8. The Kier molecular flexibility index (Phi) is 5.20. The van der Waals surface area contributed by atoms with Crippen molar-refractivity contribution in [1.82, 2.24) is 15.0 Å². The van der Waals surface area contributed by atoms with Crippen molar-refractivity contribution in [2.45, 2.75) is 18.9 Å². The first kappa shape index (κ1) is 18.6. The molecule has 0 aromatic carbocycles. The van der Waals surface area contributed by atoms with Crippen LogP contribution in [0.1, 0.15) is 12.8 Å². The summed E-state index contributed by atoms with van der Waals surface area (Å²) in [5.74, 6) is 2.89. The van der Waals surface area contributed by atoms with Crippen LogP contribution in [0.5, 0.6) is 0 Å². The van der Waals surface area contributed by atoms with Crippen molar-refractivity contribution in [3.05, 3.63) is 36.0 Å². The highest BCUT2D eigenvalue weighted by atomic mass is 32.1. The Balaban J connectivity index is 1.35. The van der Waals surface area contributed by atoms with Gasteiger partial charge in [0.05, 0.1) is 13.2 Å². The first-order valence-electron chi connectivity index (χ1n) is 10.3. The van der Waals surface area contributed by atoms with E-state index in [0.29, 0.717) is 6.04 Å². The molecule has 0 radical (unpaired) electrons. The number of hydrogen-bond donors (Lipinski definition) is 0. The van der Waals surface area contributed by atoms with Gasteiger partial charge in [0.15, 0.2) is 0 Å². The maximum atomic E-state index is 5.45. The molecule has 0 bridgehead atoms. The van der Waals surface area contributed by atoms with Gasteiger partial charge in [-0.15, -0.1) is 11.3 Å². The number of nitrogens with zero attached hydrogens (tertiary/aromatic N) is 6. The van der Waals surface area contributed by atoms with Crippen LogP contribution >= 0.6 is 11.3 Å². The smallest absolute Gasteiger partial charge is 0.227 e. The van der Waals surface area contributed by atoms with Crippen LogP contribution in [0.3, 0.4) is 0 Å². The van der Waals surface area contributed by atoms with Crippen LogP contribution < -0.4 is 14.7 Å². The average molecular weight is 411 g/mol. The molecule has 0 aliphatic carbocycles. The number of ether oxygens (including phenoxy) is 1. The fourth-order valence-corrected chi connectivity index (χ4v) is 5.01. The lowest BCUT2D eigenvalue weighted by molar-refractivity contribution is 0.122. The summed E-state index contributed by atoms with van der Waals surface area (Å²) in [6, 6.07) is 6.70. The fourth-order valence-electron chi connectivity index (χ4n) is 4.23. The van der Waals surface area contributed by atoms with Crippen LogP contribution in [-0.2, 0) is 4.74 Å². The summed E-state index contributed by atoms with van der Waals surface area (Å²) in [6.07, 6.45) is 6.11. The zero-order valence-corrected chi connectivity index (χ0v) is 17.5. The van der Waals surface area contributed by atoms with Crippen LogP contribution in [-0.4, -0.2) is 67.4 Å². The fraction of sp³-hybridized carbons (Fsp3) is 0.476. The lowest BCUT2D eigenvalue weighted by Crippen LogP contribution is -2.47. The van der Waals surface area contributed by atoms with Gasteiger partial charge in [-0.2, -0.15) is 4.98 Å². The van der Waals surface area contributed by atoms with E-state index in [1.54, 1.807) is 11.3 Å². The van der Waals surface area contributed by atoms with Gasteiger partial charge in [-0.1, -0.05) is 0 Å². The average Bonchev–Trinajstić information content (AvgIpc) is 3.28. The molecule has 0 N–H and O–H groups in total. The molecule has 8 heteroatoms. The van der Waals surface area contributed by atoms with Gasteiger partial charge in [0.25, 0.3) is 0 Å². The van der Waals surface area contributed by atoms with Gasteiger partial charge in [-0.25, -0.2) is 9.97 Å². The van der Waals surface area contributed by atoms with Crippen molar-refractivity contribution in [1.29, 1.82) is 0 Å². The second-order valence-electron chi connectivity index (χ2n) is 7.63. The van der Waals surface area contributed by atoms with E-state index in [4.69, 9.17) is 14.7 Å². The highest BCUT2D eigenvalue weighted by Crippen LogP contribution is 2.31. The third-order valence-electron chi connectivity index (χ3n) is 5.89. The number of pyridine rings is 1. The molecule has 3 aromatic rings. The Morgan fingerprint density at radius 1 is 1.07 bits per heavy atom. The van der Waals surface area contributed by atoms with Gasteiger partial charge in [0.2, 0.25) is 5.95 Å². The molecule has 2 fully saturated rings. The Hall–Kier alpha value is -2.45. The minimum Gasteiger partial charge on any atom is -0.378 e. The first-order valence-corrected chi connectivity index (χ1v) is 11.1. The van der Waals surface area contributed by atoms with Crippen molar-refractivity contribution in [2.24, 2.45) is 0 Å². The summed E-state index contributed by atoms with van der Waals surface area (Å²) in [6.45, 7) is 5.18. The van der Waals surface area contributed by atoms with Gasteiger partial charge in [-0.3, -0.25) is 0 Å². The molecule has 29 heavy (non-hydrogen) atoms. The molecule has 0 spiro atoms. The second-order valence-corrected chi connectivity index (χ2v) is 8.58. The number of thiophene rings is 1. The first-order chi connectivity index (χ1) is 14.3. The van der Waals surface area contributed by atoms with Crippen molar-refractivity contribution < 1.29 is 4.74 Å². The molecule has 2 saturated heterocycles. The highest BCUT2D eigenvalue weighted by molar-refractivity contribution is 7.17. The Morgan fingerprint density at radius 3 is 2.83 bits per heavy atom. The number of anilines is 3. The summed E-state index contributed by atoms with van der Waals surface area (Å²) < 4.78 is 6.76. The van der Waals surface area contributed by atoms with Crippen molar-refractivity contribution in [3.63, 3.8) is 0 Å². The molecule has 0 saturated carbocycles. The van der Waals surface area contributed by atoms with Crippen LogP contribution in [0.4, 0.5) is 17.6 Å². The van der Waals surface area contributed by atoms with E-state index in [1.165, 1.54) is 10.1 Å². The molecule has 1 atom stereocenters. The minimum atomic E-state index is 0.395. The number of piperidine rings is 1. The molecule has 7 nitrogen and oxygen atoms in total. The lowest BCUT2D eigenvalue weighted by Gasteiger charge is -2.39. The molecule has 5 heterocycles. The predicted molar refractivity (Wildman–Crippen MR) is 118 cm³/mol. The van der Waals surface area contributed by atoms with E-state index in [0.717, 1.165) is 69.8 Å². The maximum Gasteiger partial charge on any atom is 0.227 e. The van der Waals surface area contributed by atoms with Gasteiger partial charge >= 0.3 is 0 Å². The maximum absolute atomic E-state index is 5.45. The van der Waals surface area contributed by atoms with Gasteiger partial charge in [-0.05, 0) is 36.4 Å². The van der Waals surface area contributed by atoms with E-state index in [9.17, 15) is 0 Å². The zero-order chi connectivity index (χ0) is 19.6. The van der Waals surface area contributed by atoms with Gasteiger partial charge in [0.1, 0.15) is 11.6 Å². The van der Waals surface area contributed by atoms with Crippen LogP contribution in [0, 0.1) is 0 Å². The molecular formula is C21H26N6OS. The molecule has 2 aliphatic rings. The largest absolute Gasteiger partial charge is 0.378 e. The van der Waals surface area contributed by atoms with Gasteiger partial charge < -0.3 is 19.4 Å². The van der Waals surface area contributed by atoms with E-state index >= 15 is 0 Å². The number of morpholine rings is 1. The normalized spacial score (nSPS) is 20.2. The zero-order valence-electron chi connectivity index (χ0n) is 16.7. The quantitative estimate of drug-likeness (QED) is 0.655. The number of aromatic nitrogens is 3. The third-order valence-corrected chi connectivity index (χ3v) is 6.77. The molecule has 152 valence electrons. The highest BCUT2D eigenvalue weighted by Gasteiger charge is 2.26. The van der Waals surface area contributed by atoms with E-state index in [1.807, 2.05) is 18.5 Å². The lowest BCUT2D eigenvalue weighted by atomic mass is 10.0. The van der Waals surface area contributed by atoms with Crippen LogP contribution in [0.25, 0.3) is 10.1 Å². The van der Waals surface area contributed by atoms with Crippen molar-refractivity contribution in [3.8, 4) is 0 Å². The summed E-state index contributed by atoms with van der Waals surface area (Å²) in [5, 5.41) is 3.41. The molecule has 0 amide bonds. The van der Waals surface area contributed by atoms with Crippen LogP contribution in [0.2, 0.25) is 0 Å². The monoisotopic (exact) mass is 410 g/mol. The predicted octanol–water partition coefficient (Wildman–Crippen LogP) is 3.03. The van der Waals surface area contributed by atoms with E-state index in [2.05, 4.69) is 44.2 Å². The summed E-state index contributed by atoms with van der Waals surface area (Å²) in [5.41, 5.74) is 0. The summed E-state index contributed by atoms with van der Waals surface area (Å²) in [4.78, 5) is 21.0. The number of likely N-dealkylation sites (N-methyl/N-ethyl adjacent to an activating group) is 1. The molecule has 5 rings (SSSR count). The minimum absolute atomic E-state index is 0.395. The van der Waals surface area contributed by atoms with Gasteiger partial charge in [0, 0.05) is 61.7 Å². The van der Waals surface area contributed by atoms with Crippen molar-refractivity contribution >= 4 is 39.0 Å². The third kappa shape index (κ3) is 3.74. The SMILES string of the molecule is CN(c1ccnc(N2CCOCC2)n1)C1CCCN(c2nccc3sccc23)C1.